The molecule has 0 saturated carbocycles. The number of aromatic nitrogens is 2. The summed E-state index contributed by atoms with van der Waals surface area (Å²) >= 11 is 0. The van der Waals surface area contributed by atoms with E-state index in [1.807, 2.05) is 57.5 Å². The summed E-state index contributed by atoms with van der Waals surface area (Å²) in [5, 5.41) is 10.8. The molecule has 1 aromatic carbocycles. The second-order valence-corrected chi connectivity index (χ2v) is 9.56. The molecule has 0 bridgehead atoms. The number of carbonyl (C=O) groups is 1. The molecule has 2 aromatic rings. The molecule has 190 valence electrons. The highest BCUT2D eigenvalue weighted by Gasteiger charge is 2.43. The zero-order valence-corrected chi connectivity index (χ0v) is 21.1. The van der Waals surface area contributed by atoms with Crippen molar-refractivity contribution in [2.24, 2.45) is 13.0 Å². The summed E-state index contributed by atoms with van der Waals surface area (Å²) < 4.78 is 30.7. The van der Waals surface area contributed by atoms with Crippen LogP contribution in [0.15, 0.2) is 30.6 Å². The van der Waals surface area contributed by atoms with Gasteiger partial charge in [-0.05, 0) is 27.2 Å². The molecule has 0 radical (unpaired) electrons. The molecule has 4 rings (SSSR count). The minimum Gasteiger partial charge on any atom is -0.467 e. The fourth-order valence-corrected chi connectivity index (χ4v) is 4.42. The first-order valence-corrected chi connectivity index (χ1v) is 11.8. The lowest BCUT2D eigenvalue weighted by molar-refractivity contribution is -0.152. The lowest BCUT2D eigenvalue weighted by atomic mass is 9.98. The number of cyclic esters (lactones) is 1. The maximum Gasteiger partial charge on any atom is 0.342 e. The molecule has 2 aliphatic rings. The Morgan fingerprint density at radius 1 is 1.26 bits per heavy atom. The Labute approximate surface area is 205 Å². The zero-order valence-electron chi connectivity index (χ0n) is 21.1. The van der Waals surface area contributed by atoms with Gasteiger partial charge in [0.05, 0.1) is 23.5 Å². The van der Waals surface area contributed by atoms with Gasteiger partial charge in [-0.1, -0.05) is 31.2 Å². The van der Waals surface area contributed by atoms with Crippen molar-refractivity contribution in [2.75, 3.05) is 13.9 Å². The lowest BCUT2D eigenvalue weighted by Gasteiger charge is -2.23. The number of rotatable bonds is 3. The SMILES string of the molecule is COCOc1cc2c(ncn2C)c2c1C(=O)O[C@@H](C)[C@H](C)/C=C\C(O)[C@H]1OC(C)(C)O[C@H]1CC=C2. The van der Waals surface area contributed by atoms with Gasteiger partial charge in [0.15, 0.2) is 12.6 Å². The fourth-order valence-electron chi connectivity index (χ4n) is 4.42. The number of aliphatic hydroxyl groups is 1. The third-order valence-corrected chi connectivity index (χ3v) is 6.41. The Bertz CT molecular complexity index is 1140. The molecule has 0 aliphatic carbocycles. The average molecular weight is 487 g/mol. The summed E-state index contributed by atoms with van der Waals surface area (Å²) in [5.41, 5.74) is 2.31. The monoisotopic (exact) mass is 486 g/mol. The molecule has 1 N–H and O–H groups in total. The van der Waals surface area contributed by atoms with Crippen LogP contribution in [0.3, 0.4) is 0 Å². The molecular weight excluding hydrogens is 452 g/mol. The third kappa shape index (κ3) is 5.28. The first kappa shape index (κ1) is 25.4. The molecule has 3 heterocycles. The van der Waals surface area contributed by atoms with Gasteiger partial charge in [0.1, 0.15) is 29.6 Å². The number of hydrogen-bond donors (Lipinski definition) is 1. The summed E-state index contributed by atoms with van der Waals surface area (Å²) in [4.78, 5) is 18.0. The van der Waals surface area contributed by atoms with Crippen LogP contribution in [0.2, 0.25) is 0 Å². The van der Waals surface area contributed by atoms with Crippen molar-refractivity contribution in [1.29, 1.82) is 0 Å². The van der Waals surface area contributed by atoms with Crippen LogP contribution in [0.25, 0.3) is 17.1 Å². The molecule has 0 amide bonds. The number of carbonyl (C=O) groups excluding carboxylic acids is 1. The van der Waals surface area contributed by atoms with Crippen LogP contribution in [-0.2, 0) is 26.0 Å². The number of nitrogens with zero attached hydrogens (tertiary/aromatic N) is 2. The van der Waals surface area contributed by atoms with Gasteiger partial charge in [0, 0.05) is 31.7 Å². The van der Waals surface area contributed by atoms with Crippen molar-refractivity contribution in [3.63, 3.8) is 0 Å². The number of esters is 1. The largest absolute Gasteiger partial charge is 0.467 e. The first-order valence-electron chi connectivity index (χ1n) is 11.8. The van der Waals surface area contributed by atoms with E-state index in [2.05, 4.69) is 4.98 Å². The Kier molecular flexibility index (Phi) is 7.32. The van der Waals surface area contributed by atoms with Crippen LogP contribution in [-0.4, -0.2) is 64.7 Å². The van der Waals surface area contributed by atoms with Crippen LogP contribution in [0.5, 0.6) is 5.75 Å². The smallest absolute Gasteiger partial charge is 0.342 e. The minimum atomic E-state index is -0.868. The lowest BCUT2D eigenvalue weighted by Crippen LogP contribution is -2.34. The van der Waals surface area contributed by atoms with Gasteiger partial charge in [0.25, 0.3) is 0 Å². The number of aliphatic hydroxyl groups excluding tert-OH is 1. The quantitative estimate of drug-likeness (QED) is 0.399. The molecular formula is C26H34N2O7. The highest BCUT2D eigenvalue weighted by Crippen LogP contribution is 2.35. The fraction of sp³-hybridized carbons (Fsp3) is 0.538. The van der Waals surface area contributed by atoms with Crippen molar-refractivity contribution in [3.05, 3.63) is 41.7 Å². The summed E-state index contributed by atoms with van der Waals surface area (Å²) in [6, 6.07) is 1.77. The number of fused-ring (bicyclic) bond motifs is 4. The van der Waals surface area contributed by atoms with Crippen LogP contribution < -0.4 is 4.74 Å². The molecule has 9 heteroatoms. The molecule has 5 atom stereocenters. The van der Waals surface area contributed by atoms with Crippen molar-refractivity contribution in [2.45, 2.75) is 64.3 Å². The molecule has 1 aromatic heterocycles. The van der Waals surface area contributed by atoms with E-state index < -0.39 is 30.1 Å². The van der Waals surface area contributed by atoms with Crippen LogP contribution in [0, 0.1) is 5.92 Å². The highest BCUT2D eigenvalue weighted by molar-refractivity contribution is 6.03. The van der Waals surface area contributed by atoms with Crippen molar-refractivity contribution >= 4 is 23.1 Å². The van der Waals surface area contributed by atoms with Gasteiger partial charge in [-0.2, -0.15) is 0 Å². The summed E-state index contributed by atoms with van der Waals surface area (Å²) in [7, 11) is 3.40. The van der Waals surface area contributed by atoms with Crippen molar-refractivity contribution < 1.29 is 33.6 Å². The van der Waals surface area contributed by atoms with Crippen LogP contribution in [0.1, 0.15) is 50.0 Å². The molecule has 9 nitrogen and oxygen atoms in total. The Morgan fingerprint density at radius 2 is 2.03 bits per heavy atom. The van der Waals surface area contributed by atoms with E-state index >= 15 is 0 Å². The van der Waals surface area contributed by atoms with Gasteiger partial charge < -0.3 is 33.4 Å². The zero-order chi connectivity index (χ0) is 25.3. The molecule has 35 heavy (non-hydrogen) atoms. The Morgan fingerprint density at radius 3 is 2.77 bits per heavy atom. The second-order valence-electron chi connectivity index (χ2n) is 9.56. The summed E-state index contributed by atoms with van der Waals surface area (Å²) in [5.74, 6) is -1.15. The van der Waals surface area contributed by atoms with Gasteiger partial charge in [-0.25, -0.2) is 9.78 Å². The van der Waals surface area contributed by atoms with Crippen molar-refractivity contribution in [1.82, 2.24) is 9.55 Å². The van der Waals surface area contributed by atoms with Gasteiger partial charge >= 0.3 is 5.97 Å². The van der Waals surface area contributed by atoms with E-state index in [-0.39, 0.29) is 24.4 Å². The third-order valence-electron chi connectivity index (χ3n) is 6.41. The Balaban J connectivity index is 1.85. The molecule has 0 spiro atoms. The van der Waals surface area contributed by atoms with E-state index in [1.165, 1.54) is 7.11 Å². The Hall–Kier alpha value is -2.72. The number of imidazole rings is 1. The van der Waals surface area contributed by atoms with Gasteiger partial charge in [-0.3, -0.25) is 0 Å². The normalized spacial score (nSPS) is 29.8. The van der Waals surface area contributed by atoms with E-state index in [4.69, 9.17) is 23.7 Å². The van der Waals surface area contributed by atoms with Crippen molar-refractivity contribution in [3.8, 4) is 5.75 Å². The second kappa shape index (κ2) is 10.1. The number of benzene rings is 1. The summed E-state index contributed by atoms with van der Waals surface area (Å²) in [6.07, 6.45) is 7.15. The maximum atomic E-state index is 13.5. The maximum absolute atomic E-state index is 13.5. The molecule has 1 unspecified atom stereocenters. The molecule has 1 fully saturated rings. The average Bonchev–Trinajstić information content (AvgIpc) is 3.33. The molecule has 1 saturated heterocycles. The van der Waals surface area contributed by atoms with E-state index in [0.29, 0.717) is 23.3 Å². The first-order chi connectivity index (χ1) is 16.6. The van der Waals surface area contributed by atoms with Crippen LogP contribution in [0.4, 0.5) is 0 Å². The van der Waals surface area contributed by atoms with E-state index in [9.17, 15) is 9.90 Å². The number of methoxy groups -OCH3 is 1. The van der Waals surface area contributed by atoms with E-state index in [0.717, 1.165) is 5.52 Å². The standard InChI is InChI=1S/C26H34N2O7/c1-15-10-11-19(29)24-20(34-26(3,4)35-24)9-7-8-17-22(25(30)33-16(15)2)21(32-14-31-6)12-18-23(17)27-13-28(18)5/h7-8,10-13,15-16,19-20,24,29H,9,14H2,1-6H3/b8-7?,11-10-/t15-,16+,19?,20+,24-/m1/s1. The topological polar surface area (TPSA) is 101 Å². The number of hydrogen-bond acceptors (Lipinski definition) is 8. The summed E-state index contributed by atoms with van der Waals surface area (Å²) in [6.45, 7) is 7.38. The van der Waals surface area contributed by atoms with E-state index in [1.54, 1.807) is 18.5 Å². The van der Waals surface area contributed by atoms with Crippen LogP contribution >= 0.6 is 0 Å². The van der Waals surface area contributed by atoms with Gasteiger partial charge in [0.2, 0.25) is 0 Å². The number of ether oxygens (including phenoxy) is 5. The molecule has 2 aliphatic heterocycles. The van der Waals surface area contributed by atoms with Gasteiger partial charge in [-0.15, -0.1) is 0 Å². The predicted octanol–water partition coefficient (Wildman–Crippen LogP) is 3.59. The number of aryl methyl sites for hydroxylation is 1. The minimum absolute atomic E-state index is 0.0244. The predicted molar refractivity (Wildman–Crippen MR) is 130 cm³/mol. The highest BCUT2D eigenvalue weighted by atomic mass is 16.8.